The summed E-state index contributed by atoms with van der Waals surface area (Å²) < 4.78 is 13.5. The minimum Gasteiger partial charge on any atom is -0.379 e. The number of ether oxygens (including phenoxy) is 2. The molecule has 0 unspecified atom stereocenters. The molecular weight excluding hydrogens is 376 g/mol. The van der Waals surface area contributed by atoms with Gasteiger partial charge in [-0.2, -0.15) is 5.10 Å². The van der Waals surface area contributed by atoms with Crippen LogP contribution in [-0.4, -0.2) is 38.1 Å². The molecule has 0 N–H and O–H groups in total. The third kappa shape index (κ3) is 5.43. The third-order valence-electron chi connectivity index (χ3n) is 5.23. The topological polar surface area (TPSA) is 62.1 Å². The largest absolute Gasteiger partial charge is 0.379 e. The first-order chi connectivity index (χ1) is 14.0. The quantitative estimate of drug-likeness (QED) is 0.533. The molecule has 0 fully saturated rings. The number of aryl methyl sites for hydroxylation is 3. The Morgan fingerprint density at radius 3 is 2.40 bits per heavy atom. The maximum atomic E-state index is 5.92. The molecule has 0 saturated carbocycles. The lowest BCUT2D eigenvalue weighted by atomic mass is 10.0. The summed E-state index contributed by atoms with van der Waals surface area (Å²) in [5.41, 5.74) is 3.65. The van der Waals surface area contributed by atoms with Crippen LogP contribution in [0.5, 0.6) is 0 Å². The van der Waals surface area contributed by atoms with Crippen LogP contribution in [0, 0.1) is 13.8 Å². The van der Waals surface area contributed by atoms with Crippen LogP contribution < -0.4 is 0 Å². The molecular formula is C24H34N4O2. The zero-order chi connectivity index (χ0) is 22.1. The Kier molecular flexibility index (Phi) is 6.29. The van der Waals surface area contributed by atoms with Gasteiger partial charge in [0.05, 0.1) is 16.7 Å². The number of methoxy groups -OCH3 is 1. The number of rotatable bonds is 7. The van der Waals surface area contributed by atoms with E-state index in [4.69, 9.17) is 24.5 Å². The van der Waals surface area contributed by atoms with Crippen molar-refractivity contribution in [3.63, 3.8) is 0 Å². The van der Waals surface area contributed by atoms with Crippen molar-refractivity contribution >= 4 is 10.9 Å². The van der Waals surface area contributed by atoms with Crippen molar-refractivity contribution < 1.29 is 9.47 Å². The standard InChI is InChI=1S/C24H34N4O2/c1-16-9-10-18-14-19(17(2)25-20(18)13-16)22-26-21(15-30-23(3,4)5)27-28(22)12-11-24(6,7)29-8/h9-10,13-14H,11-12,15H2,1-8H3. The lowest BCUT2D eigenvalue weighted by Gasteiger charge is -2.23. The number of hydrogen-bond donors (Lipinski definition) is 0. The van der Waals surface area contributed by atoms with Crippen molar-refractivity contribution in [2.75, 3.05) is 7.11 Å². The highest BCUT2D eigenvalue weighted by atomic mass is 16.5. The maximum absolute atomic E-state index is 5.92. The van der Waals surface area contributed by atoms with Crippen molar-refractivity contribution in [3.05, 3.63) is 41.3 Å². The van der Waals surface area contributed by atoms with Gasteiger partial charge in [0.1, 0.15) is 6.61 Å². The van der Waals surface area contributed by atoms with Gasteiger partial charge in [-0.1, -0.05) is 12.1 Å². The zero-order valence-corrected chi connectivity index (χ0v) is 19.5. The van der Waals surface area contributed by atoms with E-state index < -0.39 is 0 Å². The number of fused-ring (bicyclic) bond motifs is 1. The number of hydrogen-bond acceptors (Lipinski definition) is 5. The molecule has 2 heterocycles. The summed E-state index contributed by atoms with van der Waals surface area (Å²) in [5, 5.41) is 5.86. The summed E-state index contributed by atoms with van der Waals surface area (Å²) in [5.74, 6) is 1.50. The predicted octanol–water partition coefficient (Wildman–Crippen LogP) is 5.24. The van der Waals surface area contributed by atoms with E-state index in [0.29, 0.717) is 19.0 Å². The highest BCUT2D eigenvalue weighted by Crippen LogP contribution is 2.27. The van der Waals surface area contributed by atoms with E-state index in [-0.39, 0.29) is 11.2 Å². The van der Waals surface area contributed by atoms with E-state index in [1.165, 1.54) is 5.56 Å². The molecule has 2 aromatic heterocycles. The van der Waals surface area contributed by atoms with Gasteiger partial charge in [0.25, 0.3) is 0 Å². The van der Waals surface area contributed by atoms with Crippen LogP contribution in [0.4, 0.5) is 0 Å². The Labute approximate surface area is 179 Å². The van der Waals surface area contributed by atoms with E-state index in [1.54, 1.807) is 7.11 Å². The molecule has 0 atom stereocenters. The van der Waals surface area contributed by atoms with Crippen LogP contribution in [0.15, 0.2) is 24.3 Å². The highest BCUT2D eigenvalue weighted by Gasteiger charge is 2.21. The zero-order valence-electron chi connectivity index (χ0n) is 19.5. The van der Waals surface area contributed by atoms with E-state index in [2.05, 4.69) is 45.0 Å². The monoisotopic (exact) mass is 410 g/mol. The predicted molar refractivity (Wildman–Crippen MR) is 120 cm³/mol. The van der Waals surface area contributed by atoms with Crippen LogP contribution in [0.1, 0.15) is 58.1 Å². The van der Waals surface area contributed by atoms with Gasteiger partial charge < -0.3 is 9.47 Å². The van der Waals surface area contributed by atoms with E-state index in [1.807, 2.05) is 32.4 Å². The summed E-state index contributed by atoms with van der Waals surface area (Å²) in [4.78, 5) is 9.68. The van der Waals surface area contributed by atoms with Crippen LogP contribution in [-0.2, 0) is 22.6 Å². The fourth-order valence-corrected chi connectivity index (χ4v) is 3.16. The number of nitrogens with zero attached hydrogens (tertiary/aromatic N) is 4. The number of aromatic nitrogens is 4. The molecule has 3 rings (SSSR count). The van der Waals surface area contributed by atoms with Gasteiger partial charge in [0, 0.05) is 30.3 Å². The minimum atomic E-state index is -0.248. The first-order valence-corrected chi connectivity index (χ1v) is 10.5. The Morgan fingerprint density at radius 2 is 1.73 bits per heavy atom. The molecule has 162 valence electrons. The van der Waals surface area contributed by atoms with Gasteiger partial charge in [0.15, 0.2) is 11.6 Å². The first-order valence-electron chi connectivity index (χ1n) is 10.5. The van der Waals surface area contributed by atoms with Crippen LogP contribution in [0.3, 0.4) is 0 Å². The van der Waals surface area contributed by atoms with Crippen molar-refractivity contribution in [2.24, 2.45) is 0 Å². The fourth-order valence-electron chi connectivity index (χ4n) is 3.16. The Hall–Kier alpha value is -2.31. The molecule has 6 nitrogen and oxygen atoms in total. The van der Waals surface area contributed by atoms with Crippen molar-refractivity contribution in [2.45, 2.75) is 79.2 Å². The second-order valence-corrected chi connectivity index (χ2v) is 9.51. The van der Waals surface area contributed by atoms with Crippen molar-refractivity contribution in [1.82, 2.24) is 19.7 Å². The van der Waals surface area contributed by atoms with E-state index >= 15 is 0 Å². The Balaban J connectivity index is 2.02. The Morgan fingerprint density at radius 1 is 1.00 bits per heavy atom. The van der Waals surface area contributed by atoms with E-state index in [0.717, 1.165) is 34.4 Å². The SMILES string of the molecule is COC(C)(C)CCn1nc(COC(C)(C)C)nc1-c1cc2ccc(C)cc2nc1C. The second-order valence-electron chi connectivity index (χ2n) is 9.51. The molecule has 0 radical (unpaired) electrons. The average molecular weight is 411 g/mol. The fraction of sp³-hybridized carbons (Fsp3) is 0.542. The third-order valence-corrected chi connectivity index (χ3v) is 5.23. The number of pyridine rings is 1. The van der Waals surface area contributed by atoms with Crippen LogP contribution in [0.25, 0.3) is 22.3 Å². The smallest absolute Gasteiger partial charge is 0.176 e. The molecule has 0 bridgehead atoms. The number of benzene rings is 1. The van der Waals surface area contributed by atoms with Crippen LogP contribution >= 0.6 is 0 Å². The lowest BCUT2D eigenvalue weighted by molar-refractivity contribution is -0.0182. The molecule has 0 aliphatic rings. The van der Waals surface area contributed by atoms with Gasteiger partial charge in [-0.3, -0.25) is 4.98 Å². The summed E-state index contributed by atoms with van der Waals surface area (Å²) >= 11 is 0. The normalized spacial score (nSPS) is 12.7. The molecule has 0 spiro atoms. The highest BCUT2D eigenvalue weighted by molar-refractivity contribution is 5.84. The molecule has 0 aliphatic heterocycles. The average Bonchev–Trinajstić information content (AvgIpc) is 3.07. The minimum absolute atomic E-state index is 0.237. The molecule has 0 aliphatic carbocycles. The molecule has 30 heavy (non-hydrogen) atoms. The van der Waals surface area contributed by atoms with Crippen LogP contribution in [0.2, 0.25) is 0 Å². The van der Waals surface area contributed by atoms with Gasteiger partial charge in [-0.25, -0.2) is 9.67 Å². The van der Waals surface area contributed by atoms with Crippen molar-refractivity contribution in [1.29, 1.82) is 0 Å². The molecule has 0 saturated heterocycles. The summed E-state index contributed by atoms with van der Waals surface area (Å²) in [7, 11) is 1.74. The van der Waals surface area contributed by atoms with Gasteiger partial charge >= 0.3 is 0 Å². The van der Waals surface area contributed by atoms with Crippen molar-refractivity contribution in [3.8, 4) is 11.4 Å². The molecule has 6 heteroatoms. The molecule has 3 aromatic rings. The Bertz CT molecular complexity index is 1030. The van der Waals surface area contributed by atoms with Gasteiger partial charge in [-0.05, 0) is 72.6 Å². The van der Waals surface area contributed by atoms with Gasteiger partial charge in [-0.15, -0.1) is 0 Å². The summed E-state index contributed by atoms with van der Waals surface area (Å²) in [6, 6.07) is 8.49. The molecule has 0 amide bonds. The maximum Gasteiger partial charge on any atom is 0.176 e. The van der Waals surface area contributed by atoms with E-state index in [9.17, 15) is 0 Å². The molecule has 1 aromatic carbocycles. The summed E-state index contributed by atoms with van der Waals surface area (Å²) in [6.45, 7) is 15.4. The first kappa shape index (κ1) is 22.4. The second kappa shape index (κ2) is 8.44. The lowest BCUT2D eigenvalue weighted by Crippen LogP contribution is -2.25. The van der Waals surface area contributed by atoms with Gasteiger partial charge in [0.2, 0.25) is 0 Å². The summed E-state index contributed by atoms with van der Waals surface area (Å²) in [6.07, 6.45) is 0.818.